The van der Waals surface area contributed by atoms with Crippen molar-refractivity contribution >= 4 is 0 Å². The Morgan fingerprint density at radius 1 is 1.26 bits per heavy atom. The van der Waals surface area contributed by atoms with Gasteiger partial charge in [-0.2, -0.15) is 0 Å². The minimum absolute atomic E-state index is 0.603. The average Bonchev–Trinajstić information content (AvgIpc) is 2.82. The fourth-order valence-corrected chi connectivity index (χ4v) is 2.18. The summed E-state index contributed by atoms with van der Waals surface area (Å²) in [5.41, 5.74) is 1.29. The third-order valence-electron chi connectivity index (χ3n) is 3.67. The second-order valence-corrected chi connectivity index (χ2v) is 5.71. The van der Waals surface area contributed by atoms with E-state index in [1.807, 2.05) is 6.26 Å². The van der Waals surface area contributed by atoms with Gasteiger partial charge in [0.2, 0.25) is 0 Å². The number of nitrogens with zero attached hydrogens (tertiary/aromatic N) is 1. The first kappa shape index (κ1) is 16.3. The van der Waals surface area contributed by atoms with E-state index in [2.05, 4.69) is 50.9 Å². The van der Waals surface area contributed by atoms with Crippen LogP contribution < -0.4 is 5.32 Å². The molecular formula is C16H30N2O. The van der Waals surface area contributed by atoms with Crippen LogP contribution >= 0.6 is 0 Å². The van der Waals surface area contributed by atoms with Crippen LogP contribution in [0, 0.1) is 5.92 Å². The first-order valence-electron chi connectivity index (χ1n) is 7.58. The van der Waals surface area contributed by atoms with Crippen molar-refractivity contribution in [2.24, 2.45) is 5.92 Å². The topological polar surface area (TPSA) is 28.4 Å². The SMILES string of the molecule is CCC(C)N(CC)Cc1occc1CNCC(C)C. The van der Waals surface area contributed by atoms with E-state index in [9.17, 15) is 0 Å². The summed E-state index contributed by atoms with van der Waals surface area (Å²) in [6.07, 6.45) is 2.99. The molecule has 0 amide bonds. The summed E-state index contributed by atoms with van der Waals surface area (Å²) in [6, 6.07) is 2.69. The molecule has 0 spiro atoms. The Morgan fingerprint density at radius 3 is 2.58 bits per heavy atom. The van der Waals surface area contributed by atoms with Crippen LogP contribution in [0.15, 0.2) is 16.7 Å². The molecule has 3 nitrogen and oxygen atoms in total. The molecule has 0 saturated heterocycles. The van der Waals surface area contributed by atoms with Crippen LogP contribution in [0.4, 0.5) is 0 Å². The molecule has 1 aromatic heterocycles. The summed E-state index contributed by atoms with van der Waals surface area (Å²) in [4.78, 5) is 2.46. The van der Waals surface area contributed by atoms with Gasteiger partial charge in [0.15, 0.2) is 0 Å². The highest BCUT2D eigenvalue weighted by Crippen LogP contribution is 2.16. The van der Waals surface area contributed by atoms with Gasteiger partial charge in [0.05, 0.1) is 12.8 Å². The Morgan fingerprint density at radius 2 is 2.00 bits per heavy atom. The lowest BCUT2D eigenvalue weighted by Crippen LogP contribution is -2.32. The normalized spacial score (nSPS) is 13.4. The quantitative estimate of drug-likeness (QED) is 0.739. The van der Waals surface area contributed by atoms with E-state index in [0.717, 1.165) is 31.9 Å². The molecule has 1 heterocycles. The molecule has 0 fully saturated rings. The van der Waals surface area contributed by atoms with Gasteiger partial charge in [-0.15, -0.1) is 0 Å². The molecule has 0 bridgehead atoms. The highest BCUT2D eigenvalue weighted by Gasteiger charge is 2.14. The van der Waals surface area contributed by atoms with Gasteiger partial charge in [-0.05, 0) is 38.4 Å². The first-order chi connectivity index (χ1) is 9.08. The molecule has 0 saturated carbocycles. The van der Waals surface area contributed by atoms with Crippen LogP contribution in [0.5, 0.6) is 0 Å². The first-order valence-corrected chi connectivity index (χ1v) is 7.58. The molecule has 19 heavy (non-hydrogen) atoms. The number of hydrogen-bond donors (Lipinski definition) is 1. The lowest BCUT2D eigenvalue weighted by Gasteiger charge is -2.26. The number of furan rings is 1. The molecule has 1 unspecified atom stereocenters. The molecule has 1 N–H and O–H groups in total. The number of rotatable bonds is 9. The minimum Gasteiger partial charge on any atom is -0.468 e. The van der Waals surface area contributed by atoms with Crippen LogP contribution in [0.25, 0.3) is 0 Å². The van der Waals surface area contributed by atoms with E-state index in [0.29, 0.717) is 12.0 Å². The zero-order chi connectivity index (χ0) is 14.3. The van der Waals surface area contributed by atoms with Crippen LogP contribution in [0.3, 0.4) is 0 Å². The molecule has 3 heteroatoms. The lowest BCUT2D eigenvalue weighted by atomic mass is 10.1. The Balaban J connectivity index is 2.56. The van der Waals surface area contributed by atoms with Gasteiger partial charge in [-0.3, -0.25) is 4.90 Å². The van der Waals surface area contributed by atoms with Crippen LogP contribution in [-0.2, 0) is 13.1 Å². The lowest BCUT2D eigenvalue weighted by molar-refractivity contribution is 0.189. The maximum absolute atomic E-state index is 5.67. The molecule has 0 radical (unpaired) electrons. The van der Waals surface area contributed by atoms with Gasteiger partial charge in [0, 0.05) is 18.2 Å². The van der Waals surface area contributed by atoms with E-state index in [-0.39, 0.29) is 0 Å². The maximum atomic E-state index is 5.67. The predicted octanol–water partition coefficient (Wildman–Crippen LogP) is 3.65. The summed E-state index contributed by atoms with van der Waals surface area (Å²) in [5, 5.41) is 3.48. The fraction of sp³-hybridized carbons (Fsp3) is 0.750. The third kappa shape index (κ3) is 5.37. The zero-order valence-electron chi connectivity index (χ0n) is 13.2. The molecular weight excluding hydrogens is 236 g/mol. The average molecular weight is 266 g/mol. The maximum Gasteiger partial charge on any atom is 0.122 e. The molecule has 110 valence electrons. The number of nitrogens with one attached hydrogen (secondary N) is 1. The van der Waals surface area contributed by atoms with Crippen LogP contribution in [0.2, 0.25) is 0 Å². The van der Waals surface area contributed by atoms with Gasteiger partial charge in [-0.1, -0.05) is 27.7 Å². The smallest absolute Gasteiger partial charge is 0.122 e. The third-order valence-corrected chi connectivity index (χ3v) is 3.67. The van der Waals surface area contributed by atoms with Crippen LogP contribution in [-0.4, -0.2) is 24.0 Å². The molecule has 0 aromatic carbocycles. The van der Waals surface area contributed by atoms with Crippen molar-refractivity contribution < 1.29 is 4.42 Å². The van der Waals surface area contributed by atoms with Gasteiger partial charge in [0.1, 0.15) is 5.76 Å². The predicted molar refractivity (Wildman–Crippen MR) is 81.1 cm³/mol. The second kappa shape index (κ2) is 8.39. The Hall–Kier alpha value is -0.800. The zero-order valence-corrected chi connectivity index (χ0v) is 13.2. The fourth-order valence-electron chi connectivity index (χ4n) is 2.18. The van der Waals surface area contributed by atoms with Gasteiger partial charge in [0.25, 0.3) is 0 Å². The van der Waals surface area contributed by atoms with Crippen molar-refractivity contribution in [2.75, 3.05) is 13.1 Å². The summed E-state index contributed by atoms with van der Waals surface area (Å²) in [7, 11) is 0. The van der Waals surface area contributed by atoms with Crippen molar-refractivity contribution in [3.8, 4) is 0 Å². The van der Waals surface area contributed by atoms with Gasteiger partial charge in [-0.25, -0.2) is 0 Å². The molecule has 0 aliphatic heterocycles. The van der Waals surface area contributed by atoms with E-state index < -0.39 is 0 Å². The summed E-state index contributed by atoms with van der Waals surface area (Å²) >= 11 is 0. The molecule has 1 aromatic rings. The van der Waals surface area contributed by atoms with Crippen molar-refractivity contribution in [2.45, 2.75) is 60.2 Å². The number of hydrogen-bond acceptors (Lipinski definition) is 3. The largest absolute Gasteiger partial charge is 0.468 e. The second-order valence-electron chi connectivity index (χ2n) is 5.71. The minimum atomic E-state index is 0.603. The van der Waals surface area contributed by atoms with Crippen molar-refractivity contribution in [1.82, 2.24) is 10.2 Å². The van der Waals surface area contributed by atoms with Gasteiger partial charge < -0.3 is 9.73 Å². The Kier molecular flexibility index (Phi) is 7.17. The van der Waals surface area contributed by atoms with Crippen LogP contribution in [0.1, 0.15) is 52.4 Å². The molecule has 0 aliphatic carbocycles. The van der Waals surface area contributed by atoms with E-state index in [4.69, 9.17) is 4.42 Å². The van der Waals surface area contributed by atoms with Gasteiger partial charge >= 0.3 is 0 Å². The van der Waals surface area contributed by atoms with Crippen molar-refractivity contribution in [1.29, 1.82) is 0 Å². The Labute approximate surface area is 118 Å². The summed E-state index contributed by atoms with van der Waals surface area (Å²) in [5.74, 6) is 1.79. The highest BCUT2D eigenvalue weighted by atomic mass is 16.3. The molecule has 1 rings (SSSR count). The Bertz CT molecular complexity index is 346. The molecule has 0 aliphatic rings. The van der Waals surface area contributed by atoms with E-state index in [1.54, 1.807) is 0 Å². The van der Waals surface area contributed by atoms with Crippen molar-refractivity contribution in [3.63, 3.8) is 0 Å². The van der Waals surface area contributed by atoms with E-state index in [1.165, 1.54) is 12.0 Å². The summed E-state index contributed by atoms with van der Waals surface area (Å²) < 4.78 is 5.67. The van der Waals surface area contributed by atoms with E-state index >= 15 is 0 Å². The standard InChI is InChI=1S/C16H30N2O/c1-6-14(5)18(7-2)12-16-15(8-9-19-16)11-17-10-13(3)4/h8-9,13-14,17H,6-7,10-12H2,1-5H3. The highest BCUT2D eigenvalue weighted by molar-refractivity contribution is 5.16. The molecule has 1 atom stereocenters. The van der Waals surface area contributed by atoms with Crippen molar-refractivity contribution in [3.05, 3.63) is 23.7 Å². The monoisotopic (exact) mass is 266 g/mol. The summed E-state index contributed by atoms with van der Waals surface area (Å²) in [6.45, 7) is 15.1.